The van der Waals surface area contributed by atoms with Gasteiger partial charge < -0.3 is 4.74 Å². The van der Waals surface area contributed by atoms with E-state index in [9.17, 15) is 0 Å². The third kappa shape index (κ3) is 2.52. The van der Waals surface area contributed by atoms with Crippen molar-refractivity contribution in [3.05, 3.63) is 41.4 Å². The summed E-state index contributed by atoms with van der Waals surface area (Å²) in [7, 11) is 0. The van der Waals surface area contributed by atoms with E-state index in [1.807, 2.05) is 36.4 Å². The molecule has 1 aromatic carbocycles. The molecule has 74 valence electrons. The standard InChI is InChI=1S/C12H13ClO/c13-10-5-4-8-12(9-10)14-11-6-2-1-3-7-11/h1-3,6-7,9,12H,4-5,8H2. The van der Waals surface area contributed by atoms with Gasteiger partial charge in [0.25, 0.3) is 0 Å². The molecular formula is C12H13ClO. The number of rotatable bonds is 2. The fourth-order valence-corrected chi connectivity index (χ4v) is 1.88. The summed E-state index contributed by atoms with van der Waals surface area (Å²) >= 11 is 5.96. The molecule has 2 rings (SSSR count). The molecular weight excluding hydrogens is 196 g/mol. The van der Waals surface area contributed by atoms with E-state index in [1.54, 1.807) is 0 Å². The minimum atomic E-state index is 0.152. The van der Waals surface area contributed by atoms with Crippen LogP contribution in [-0.4, -0.2) is 6.10 Å². The van der Waals surface area contributed by atoms with Gasteiger partial charge in [-0.05, 0) is 37.5 Å². The first-order valence-corrected chi connectivity index (χ1v) is 5.30. The second-order valence-electron chi connectivity index (χ2n) is 3.48. The number of hydrogen-bond donors (Lipinski definition) is 0. The van der Waals surface area contributed by atoms with Gasteiger partial charge in [0, 0.05) is 5.03 Å². The second kappa shape index (κ2) is 4.52. The summed E-state index contributed by atoms with van der Waals surface area (Å²) in [4.78, 5) is 0. The molecule has 0 fully saturated rings. The van der Waals surface area contributed by atoms with Crippen LogP contribution in [-0.2, 0) is 0 Å². The lowest BCUT2D eigenvalue weighted by atomic mass is 10.1. The van der Waals surface area contributed by atoms with Gasteiger partial charge in [-0.2, -0.15) is 0 Å². The third-order valence-electron chi connectivity index (χ3n) is 2.30. The van der Waals surface area contributed by atoms with Crippen LogP contribution < -0.4 is 4.74 Å². The lowest BCUT2D eigenvalue weighted by Crippen LogP contribution is -2.16. The Kier molecular flexibility index (Phi) is 3.10. The zero-order valence-corrected chi connectivity index (χ0v) is 8.70. The summed E-state index contributed by atoms with van der Waals surface area (Å²) in [5.41, 5.74) is 0. The molecule has 0 saturated heterocycles. The lowest BCUT2D eigenvalue weighted by molar-refractivity contribution is 0.229. The van der Waals surface area contributed by atoms with E-state index in [0.29, 0.717) is 0 Å². The van der Waals surface area contributed by atoms with Gasteiger partial charge in [-0.3, -0.25) is 0 Å². The lowest BCUT2D eigenvalue weighted by Gasteiger charge is -2.19. The molecule has 0 bridgehead atoms. The summed E-state index contributed by atoms with van der Waals surface area (Å²) in [6.45, 7) is 0. The largest absolute Gasteiger partial charge is 0.486 e. The number of hydrogen-bond acceptors (Lipinski definition) is 1. The van der Waals surface area contributed by atoms with Crippen LogP contribution >= 0.6 is 11.6 Å². The molecule has 0 saturated carbocycles. The van der Waals surface area contributed by atoms with Gasteiger partial charge in [-0.1, -0.05) is 29.8 Å². The van der Waals surface area contributed by atoms with E-state index in [-0.39, 0.29) is 6.10 Å². The van der Waals surface area contributed by atoms with Gasteiger partial charge in [-0.15, -0.1) is 0 Å². The second-order valence-corrected chi connectivity index (χ2v) is 3.96. The predicted octanol–water partition coefficient (Wildman–Crippen LogP) is 3.74. The quantitative estimate of drug-likeness (QED) is 0.720. The highest BCUT2D eigenvalue weighted by Gasteiger charge is 2.13. The molecule has 0 amide bonds. The van der Waals surface area contributed by atoms with Crippen LogP contribution in [0.2, 0.25) is 0 Å². The summed E-state index contributed by atoms with van der Waals surface area (Å²) in [6.07, 6.45) is 5.34. The molecule has 0 N–H and O–H groups in total. The van der Waals surface area contributed by atoms with Crippen LogP contribution in [0.5, 0.6) is 5.75 Å². The number of benzene rings is 1. The van der Waals surface area contributed by atoms with Gasteiger partial charge in [0.05, 0.1) is 0 Å². The molecule has 0 heterocycles. The molecule has 1 aromatic rings. The van der Waals surface area contributed by atoms with Crippen LogP contribution in [0.4, 0.5) is 0 Å². The maximum atomic E-state index is 5.96. The molecule has 14 heavy (non-hydrogen) atoms. The Hall–Kier alpha value is -0.950. The van der Waals surface area contributed by atoms with Crippen molar-refractivity contribution < 1.29 is 4.74 Å². The van der Waals surface area contributed by atoms with E-state index in [2.05, 4.69) is 0 Å². The zero-order chi connectivity index (χ0) is 9.80. The number of halogens is 1. The van der Waals surface area contributed by atoms with E-state index < -0.39 is 0 Å². The molecule has 0 radical (unpaired) electrons. The van der Waals surface area contributed by atoms with Gasteiger partial charge in [-0.25, -0.2) is 0 Å². The van der Waals surface area contributed by atoms with Crippen LogP contribution in [0.15, 0.2) is 41.4 Å². The van der Waals surface area contributed by atoms with E-state index in [1.165, 1.54) is 0 Å². The minimum absolute atomic E-state index is 0.152. The fourth-order valence-electron chi connectivity index (χ4n) is 1.61. The molecule has 1 aliphatic carbocycles. The Morgan fingerprint density at radius 3 is 2.71 bits per heavy atom. The van der Waals surface area contributed by atoms with Crippen LogP contribution in [0.1, 0.15) is 19.3 Å². The van der Waals surface area contributed by atoms with E-state index in [0.717, 1.165) is 30.0 Å². The van der Waals surface area contributed by atoms with Crippen molar-refractivity contribution in [3.63, 3.8) is 0 Å². The molecule has 0 aliphatic heterocycles. The maximum Gasteiger partial charge on any atom is 0.120 e. The van der Waals surface area contributed by atoms with Crippen LogP contribution in [0.25, 0.3) is 0 Å². The predicted molar refractivity (Wildman–Crippen MR) is 58.6 cm³/mol. The smallest absolute Gasteiger partial charge is 0.120 e. The Morgan fingerprint density at radius 1 is 1.21 bits per heavy atom. The zero-order valence-electron chi connectivity index (χ0n) is 7.95. The monoisotopic (exact) mass is 208 g/mol. The summed E-state index contributed by atoms with van der Waals surface area (Å²) in [6, 6.07) is 9.87. The Morgan fingerprint density at radius 2 is 2.00 bits per heavy atom. The molecule has 1 atom stereocenters. The van der Waals surface area contributed by atoms with Gasteiger partial charge in [0.15, 0.2) is 0 Å². The Balaban J connectivity index is 2.01. The average molecular weight is 209 g/mol. The molecule has 1 nitrogen and oxygen atoms in total. The average Bonchev–Trinajstić information content (AvgIpc) is 2.19. The highest BCUT2D eigenvalue weighted by atomic mass is 35.5. The normalized spacial score (nSPS) is 21.5. The first kappa shape index (κ1) is 9.60. The highest BCUT2D eigenvalue weighted by Crippen LogP contribution is 2.24. The van der Waals surface area contributed by atoms with Crippen molar-refractivity contribution in [3.8, 4) is 5.75 Å². The maximum absolute atomic E-state index is 5.96. The van der Waals surface area contributed by atoms with Crippen molar-refractivity contribution in [2.75, 3.05) is 0 Å². The van der Waals surface area contributed by atoms with Crippen molar-refractivity contribution in [1.29, 1.82) is 0 Å². The minimum Gasteiger partial charge on any atom is -0.486 e. The molecule has 1 aliphatic rings. The summed E-state index contributed by atoms with van der Waals surface area (Å²) in [5.74, 6) is 0.917. The van der Waals surface area contributed by atoms with E-state index in [4.69, 9.17) is 16.3 Å². The number of ether oxygens (including phenoxy) is 1. The summed E-state index contributed by atoms with van der Waals surface area (Å²) in [5, 5.41) is 0.928. The first-order valence-electron chi connectivity index (χ1n) is 4.92. The molecule has 0 aromatic heterocycles. The first-order chi connectivity index (χ1) is 6.84. The molecule has 0 spiro atoms. The Bertz CT molecular complexity index is 318. The van der Waals surface area contributed by atoms with Crippen molar-refractivity contribution >= 4 is 11.6 Å². The van der Waals surface area contributed by atoms with Gasteiger partial charge in [0.1, 0.15) is 11.9 Å². The Labute approximate surface area is 89.3 Å². The highest BCUT2D eigenvalue weighted by molar-refractivity contribution is 6.29. The number of allylic oxidation sites excluding steroid dienone is 1. The topological polar surface area (TPSA) is 9.23 Å². The number of para-hydroxylation sites is 1. The van der Waals surface area contributed by atoms with Crippen molar-refractivity contribution in [1.82, 2.24) is 0 Å². The molecule has 1 unspecified atom stereocenters. The van der Waals surface area contributed by atoms with Gasteiger partial charge >= 0.3 is 0 Å². The van der Waals surface area contributed by atoms with Crippen molar-refractivity contribution in [2.24, 2.45) is 0 Å². The van der Waals surface area contributed by atoms with E-state index >= 15 is 0 Å². The SMILES string of the molecule is ClC1=CC(Oc2ccccc2)CCC1. The van der Waals surface area contributed by atoms with Gasteiger partial charge in [0.2, 0.25) is 0 Å². The van der Waals surface area contributed by atoms with Crippen molar-refractivity contribution in [2.45, 2.75) is 25.4 Å². The summed E-state index contributed by atoms with van der Waals surface area (Å²) < 4.78 is 5.76. The van der Waals surface area contributed by atoms with Crippen LogP contribution in [0.3, 0.4) is 0 Å². The fraction of sp³-hybridized carbons (Fsp3) is 0.333. The van der Waals surface area contributed by atoms with Crippen LogP contribution in [0, 0.1) is 0 Å². The third-order valence-corrected chi connectivity index (χ3v) is 2.62. The molecule has 2 heteroatoms.